The van der Waals surface area contributed by atoms with Crippen molar-refractivity contribution < 1.29 is 13.9 Å². The first-order chi connectivity index (χ1) is 15.6. The number of carbonyl (C=O) groups is 1. The van der Waals surface area contributed by atoms with Crippen LogP contribution >= 0.6 is 11.6 Å². The number of ether oxygens (including phenoxy) is 1. The van der Waals surface area contributed by atoms with Gasteiger partial charge in [-0.2, -0.15) is 0 Å². The van der Waals surface area contributed by atoms with Gasteiger partial charge in [0.15, 0.2) is 0 Å². The summed E-state index contributed by atoms with van der Waals surface area (Å²) in [6.45, 7) is 2.49. The Balaban J connectivity index is 1.29. The summed E-state index contributed by atoms with van der Waals surface area (Å²) in [6, 6.07) is 5.59. The zero-order valence-corrected chi connectivity index (χ0v) is 18.1. The number of nitrogens with one attached hydrogen (secondary N) is 3. The van der Waals surface area contributed by atoms with E-state index in [0.29, 0.717) is 25.4 Å². The van der Waals surface area contributed by atoms with Crippen LogP contribution in [0.2, 0.25) is 5.02 Å². The Hall–Kier alpha value is -2.91. The number of hydrogen-bond acceptors (Lipinski definition) is 6. The number of halogens is 2. The third-order valence-electron chi connectivity index (χ3n) is 6.00. The maximum atomic E-state index is 13.8. The number of carbonyl (C=O) groups excluding carboxylic acids is 1. The van der Waals surface area contributed by atoms with Gasteiger partial charge in [0.05, 0.1) is 18.6 Å². The van der Waals surface area contributed by atoms with E-state index in [9.17, 15) is 9.18 Å². The van der Waals surface area contributed by atoms with Crippen LogP contribution in [0.3, 0.4) is 0 Å². The van der Waals surface area contributed by atoms with Gasteiger partial charge >= 0.3 is 0 Å². The van der Waals surface area contributed by atoms with Gasteiger partial charge in [-0.1, -0.05) is 11.6 Å². The van der Waals surface area contributed by atoms with Crippen LogP contribution in [0.1, 0.15) is 12.8 Å². The Morgan fingerprint density at radius 2 is 2.19 bits per heavy atom. The SMILES string of the molecule is O=C(N[C@@H]1CCCN(c2ncnc3[nH]ccc23)C1)C(Nc1cc(F)cc(Cl)c1)C1COC1. The molecule has 4 heterocycles. The van der Waals surface area contributed by atoms with E-state index in [1.54, 1.807) is 12.4 Å². The van der Waals surface area contributed by atoms with Crippen molar-refractivity contribution in [2.24, 2.45) is 5.92 Å². The number of aromatic amines is 1. The van der Waals surface area contributed by atoms with E-state index in [2.05, 4.69) is 30.5 Å². The van der Waals surface area contributed by atoms with Gasteiger partial charge in [-0.15, -0.1) is 0 Å². The second kappa shape index (κ2) is 8.91. The predicted molar refractivity (Wildman–Crippen MR) is 120 cm³/mol. The Kier molecular flexibility index (Phi) is 5.84. The van der Waals surface area contributed by atoms with Crippen molar-refractivity contribution in [2.45, 2.75) is 24.9 Å². The number of hydrogen-bond donors (Lipinski definition) is 3. The number of nitrogens with zero attached hydrogens (tertiary/aromatic N) is 3. The summed E-state index contributed by atoms with van der Waals surface area (Å²) >= 11 is 5.98. The van der Waals surface area contributed by atoms with Crippen LogP contribution in [0.25, 0.3) is 11.0 Å². The van der Waals surface area contributed by atoms with Crippen LogP contribution in [0.4, 0.5) is 15.9 Å². The fourth-order valence-corrected chi connectivity index (χ4v) is 4.57. The van der Waals surface area contributed by atoms with Gasteiger partial charge in [0, 0.05) is 42.0 Å². The average molecular weight is 459 g/mol. The lowest BCUT2D eigenvalue weighted by atomic mass is 9.95. The molecule has 2 aromatic heterocycles. The molecule has 0 spiro atoms. The largest absolute Gasteiger partial charge is 0.380 e. The fraction of sp³-hybridized carbons (Fsp3) is 0.409. The average Bonchev–Trinajstić information content (AvgIpc) is 3.20. The molecule has 0 aliphatic carbocycles. The topological polar surface area (TPSA) is 95.2 Å². The quantitative estimate of drug-likeness (QED) is 0.525. The molecule has 168 valence electrons. The van der Waals surface area contributed by atoms with Crippen molar-refractivity contribution >= 4 is 40.0 Å². The molecule has 2 saturated heterocycles. The highest BCUT2D eigenvalue weighted by Gasteiger charge is 2.35. The van der Waals surface area contributed by atoms with E-state index in [1.807, 2.05) is 12.3 Å². The lowest BCUT2D eigenvalue weighted by Gasteiger charge is -2.37. The highest BCUT2D eigenvalue weighted by atomic mass is 35.5. The normalized spacial score (nSPS) is 20.1. The third kappa shape index (κ3) is 4.35. The Morgan fingerprint density at radius 3 is 2.97 bits per heavy atom. The van der Waals surface area contributed by atoms with Gasteiger partial charge in [0.25, 0.3) is 0 Å². The molecule has 1 amide bonds. The van der Waals surface area contributed by atoms with E-state index < -0.39 is 11.9 Å². The van der Waals surface area contributed by atoms with Crippen LogP contribution in [-0.4, -0.2) is 59.2 Å². The molecule has 1 unspecified atom stereocenters. The summed E-state index contributed by atoms with van der Waals surface area (Å²) in [5, 5.41) is 7.59. The molecule has 32 heavy (non-hydrogen) atoms. The van der Waals surface area contributed by atoms with E-state index in [1.165, 1.54) is 12.1 Å². The zero-order chi connectivity index (χ0) is 22.1. The number of rotatable bonds is 6. The standard InChI is InChI=1S/C22H24ClFN6O2/c23-14-6-15(24)8-17(7-14)28-19(13-10-32-11-13)22(31)29-16-2-1-5-30(9-16)21-18-3-4-25-20(18)26-12-27-21/h3-4,6-8,12-13,16,19,28H,1-2,5,9-11H2,(H,29,31)(H,25,26,27)/t16-,19?/m1/s1. The molecule has 1 aromatic carbocycles. The molecule has 2 fully saturated rings. The summed E-state index contributed by atoms with van der Waals surface area (Å²) in [5.74, 6) is 0.303. The summed E-state index contributed by atoms with van der Waals surface area (Å²) < 4.78 is 19.1. The molecule has 0 bridgehead atoms. The first-order valence-corrected chi connectivity index (χ1v) is 11.1. The first kappa shape index (κ1) is 21.0. The van der Waals surface area contributed by atoms with Gasteiger partial charge in [0.2, 0.25) is 5.91 Å². The fourth-order valence-electron chi connectivity index (χ4n) is 4.35. The number of benzene rings is 1. The highest BCUT2D eigenvalue weighted by Crippen LogP contribution is 2.26. The first-order valence-electron chi connectivity index (χ1n) is 10.7. The van der Waals surface area contributed by atoms with Crippen molar-refractivity contribution in [3.05, 3.63) is 47.6 Å². The van der Waals surface area contributed by atoms with Crippen molar-refractivity contribution in [1.82, 2.24) is 20.3 Å². The van der Waals surface area contributed by atoms with E-state index in [4.69, 9.17) is 16.3 Å². The van der Waals surface area contributed by atoms with Gasteiger partial charge in [-0.05, 0) is 37.1 Å². The van der Waals surface area contributed by atoms with Crippen LogP contribution in [0.15, 0.2) is 36.8 Å². The summed E-state index contributed by atoms with van der Waals surface area (Å²) in [5.41, 5.74) is 1.27. The second-order valence-electron chi connectivity index (χ2n) is 8.31. The summed E-state index contributed by atoms with van der Waals surface area (Å²) in [4.78, 5) is 27.3. The number of anilines is 2. The minimum Gasteiger partial charge on any atom is -0.380 e. The van der Waals surface area contributed by atoms with Crippen LogP contribution in [0.5, 0.6) is 0 Å². The van der Waals surface area contributed by atoms with Crippen molar-refractivity contribution in [2.75, 3.05) is 36.5 Å². The molecule has 3 aromatic rings. The number of amides is 1. The van der Waals surface area contributed by atoms with Gasteiger partial charge < -0.3 is 25.3 Å². The summed E-state index contributed by atoms with van der Waals surface area (Å²) in [6.07, 6.45) is 5.22. The molecule has 2 atom stereocenters. The maximum absolute atomic E-state index is 13.8. The molecule has 3 N–H and O–H groups in total. The minimum absolute atomic E-state index is 0.0121. The smallest absolute Gasteiger partial charge is 0.243 e. The van der Waals surface area contributed by atoms with Crippen molar-refractivity contribution in [3.63, 3.8) is 0 Å². The Bertz CT molecular complexity index is 1100. The number of fused-ring (bicyclic) bond motifs is 1. The molecule has 5 rings (SSSR count). The molecule has 0 radical (unpaired) electrons. The maximum Gasteiger partial charge on any atom is 0.243 e. The predicted octanol–water partition coefficient (Wildman–Crippen LogP) is 2.96. The van der Waals surface area contributed by atoms with Gasteiger partial charge in [-0.3, -0.25) is 4.79 Å². The Labute approximate surface area is 189 Å². The van der Waals surface area contributed by atoms with E-state index >= 15 is 0 Å². The highest BCUT2D eigenvalue weighted by molar-refractivity contribution is 6.30. The number of aromatic nitrogens is 3. The minimum atomic E-state index is -0.535. The van der Waals surface area contributed by atoms with Crippen molar-refractivity contribution in [1.29, 1.82) is 0 Å². The van der Waals surface area contributed by atoms with Crippen molar-refractivity contribution in [3.8, 4) is 0 Å². The molecule has 10 heteroatoms. The van der Waals surface area contributed by atoms with Crippen LogP contribution < -0.4 is 15.5 Å². The molecular weight excluding hydrogens is 435 g/mol. The molecule has 0 saturated carbocycles. The molecule has 8 nitrogen and oxygen atoms in total. The van der Waals surface area contributed by atoms with Gasteiger partial charge in [-0.25, -0.2) is 14.4 Å². The lowest BCUT2D eigenvalue weighted by molar-refractivity contribution is -0.128. The molecular formula is C22H24ClFN6O2. The Morgan fingerprint density at radius 1 is 1.31 bits per heavy atom. The van der Waals surface area contributed by atoms with Crippen LogP contribution in [-0.2, 0) is 9.53 Å². The third-order valence-corrected chi connectivity index (χ3v) is 6.22. The zero-order valence-electron chi connectivity index (χ0n) is 17.4. The number of H-pyrrole nitrogens is 1. The second-order valence-corrected chi connectivity index (χ2v) is 8.75. The summed E-state index contributed by atoms with van der Waals surface area (Å²) in [7, 11) is 0. The van der Waals surface area contributed by atoms with Crippen LogP contribution in [0, 0.1) is 11.7 Å². The lowest BCUT2D eigenvalue weighted by Crippen LogP contribution is -2.56. The van der Waals surface area contributed by atoms with E-state index in [-0.39, 0.29) is 22.9 Å². The molecule has 2 aliphatic rings. The van der Waals surface area contributed by atoms with Gasteiger partial charge in [0.1, 0.15) is 29.7 Å². The monoisotopic (exact) mass is 458 g/mol. The number of piperidine rings is 1. The van der Waals surface area contributed by atoms with E-state index in [0.717, 1.165) is 36.2 Å². The molecule has 2 aliphatic heterocycles.